The van der Waals surface area contributed by atoms with E-state index in [1.807, 2.05) is 0 Å². The first-order valence-corrected chi connectivity index (χ1v) is 16.4. The van der Waals surface area contributed by atoms with Gasteiger partial charge in [0.15, 0.2) is 16.6 Å². The number of nitrogens with one attached hydrogen (secondary N) is 2. The van der Waals surface area contributed by atoms with Gasteiger partial charge in [0.2, 0.25) is 11.8 Å². The van der Waals surface area contributed by atoms with Gasteiger partial charge in [-0.1, -0.05) is 13.2 Å². The molecule has 0 atom stereocenters. The van der Waals surface area contributed by atoms with E-state index in [1.165, 1.54) is 0 Å². The Balaban J connectivity index is 4.19. The average Bonchev–Trinajstić information content (AvgIpc) is 2.61. The van der Waals surface area contributed by atoms with E-state index in [1.54, 1.807) is 0 Å². The lowest BCUT2D eigenvalue weighted by Gasteiger charge is -2.34. The van der Waals surface area contributed by atoms with Gasteiger partial charge in [-0.05, 0) is 51.1 Å². The predicted molar refractivity (Wildman–Crippen MR) is 124 cm³/mol. The second-order valence-electron chi connectivity index (χ2n) is 8.70. The highest BCUT2D eigenvalue weighted by molar-refractivity contribution is 6.84. The third-order valence-electron chi connectivity index (χ3n) is 4.46. The van der Waals surface area contributed by atoms with E-state index in [2.05, 4.69) is 50.0 Å². The van der Waals surface area contributed by atoms with Crippen LogP contribution in [0.2, 0.25) is 38.3 Å². The minimum atomic E-state index is -1.94. The van der Waals surface area contributed by atoms with E-state index in [9.17, 15) is 19.2 Å². The van der Waals surface area contributed by atoms with Crippen molar-refractivity contribution in [3.05, 3.63) is 24.3 Å². The lowest BCUT2D eigenvalue weighted by Crippen LogP contribution is -2.45. The second kappa shape index (κ2) is 13.2. The van der Waals surface area contributed by atoms with Gasteiger partial charge in [0.25, 0.3) is 0 Å². The molecular weight excluding hydrogens is 436 g/mol. The Morgan fingerprint density at radius 1 is 0.742 bits per heavy atom. The van der Waals surface area contributed by atoms with Crippen LogP contribution in [0.1, 0.15) is 25.7 Å². The number of carbonyl (C=O) groups excluding carboxylic acids is 2. The van der Waals surface area contributed by atoms with Crippen molar-refractivity contribution < 1.29 is 33.5 Å². The van der Waals surface area contributed by atoms with Crippen molar-refractivity contribution in [2.24, 2.45) is 0 Å². The van der Waals surface area contributed by atoms with Crippen molar-refractivity contribution in [2.45, 2.75) is 64.0 Å². The molecule has 0 aliphatic heterocycles. The molecule has 31 heavy (non-hydrogen) atoms. The molecule has 4 N–H and O–H groups in total. The van der Waals surface area contributed by atoms with Crippen LogP contribution in [0.5, 0.6) is 0 Å². The van der Waals surface area contributed by atoms with Crippen LogP contribution in [-0.2, 0) is 23.3 Å². The highest BCUT2D eigenvalue weighted by Gasteiger charge is 2.32. The fourth-order valence-electron chi connectivity index (χ4n) is 3.00. The summed E-state index contributed by atoms with van der Waals surface area (Å²) in [6.07, 6.45) is 1.07. The SMILES string of the molecule is C=C(CC(=O)NCCC[Si](C)(C)O[Si](C)(C)CCCNC(=O)CC(=C)C(=O)O)C(=O)O. The summed E-state index contributed by atoms with van der Waals surface area (Å²) in [7, 11) is -3.89. The van der Waals surface area contributed by atoms with E-state index < -0.39 is 28.6 Å². The zero-order valence-corrected chi connectivity index (χ0v) is 21.0. The molecule has 0 aromatic heterocycles. The predicted octanol–water partition coefficient (Wildman–Crippen LogP) is 2.49. The van der Waals surface area contributed by atoms with Gasteiger partial charge in [-0.2, -0.15) is 0 Å². The summed E-state index contributed by atoms with van der Waals surface area (Å²) in [5.41, 5.74) is -0.266. The fraction of sp³-hybridized carbons (Fsp3) is 0.600. The number of carbonyl (C=O) groups is 4. The van der Waals surface area contributed by atoms with Gasteiger partial charge in [-0.15, -0.1) is 0 Å². The van der Waals surface area contributed by atoms with Crippen LogP contribution < -0.4 is 10.6 Å². The Morgan fingerprint density at radius 3 is 1.35 bits per heavy atom. The zero-order valence-electron chi connectivity index (χ0n) is 19.0. The Kier molecular flexibility index (Phi) is 12.3. The minimum absolute atomic E-state index is 0.133. The Labute approximate surface area is 186 Å². The van der Waals surface area contributed by atoms with Crippen molar-refractivity contribution in [3.8, 4) is 0 Å². The molecule has 0 spiro atoms. The number of rotatable bonds is 16. The van der Waals surface area contributed by atoms with E-state index in [0.29, 0.717) is 13.1 Å². The highest BCUT2D eigenvalue weighted by Crippen LogP contribution is 2.23. The first-order chi connectivity index (χ1) is 14.1. The van der Waals surface area contributed by atoms with E-state index in [0.717, 1.165) is 24.9 Å². The molecule has 0 unspecified atom stereocenters. The molecule has 0 bridgehead atoms. The standard InChI is InChI=1S/C20H36N2O7Si2/c1-15(19(25)26)13-17(23)21-9-7-11-30(3,4)29-31(5,6)12-8-10-22-18(24)14-16(2)20(27)28/h1-2,7-14H2,3-6H3,(H,21,23)(H,22,24)(H,25,26)(H,27,28). The Morgan fingerprint density at radius 2 is 1.06 bits per heavy atom. The average molecular weight is 473 g/mol. The third kappa shape index (κ3) is 14.4. The molecule has 0 rings (SSSR count). The number of carboxylic acid groups (broad SMARTS) is 2. The summed E-state index contributed by atoms with van der Waals surface area (Å²) in [5.74, 6) is -3.04. The van der Waals surface area contributed by atoms with Gasteiger partial charge in [0.1, 0.15) is 0 Å². The molecule has 0 aliphatic carbocycles. The molecular formula is C20H36N2O7Si2. The van der Waals surface area contributed by atoms with Crippen molar-refractivity contribution >= 4 is 40.4 Å². The monoisotopic (exact) mass is 472 g/mol. The third-order valence-corrected chi connectivity index (χ3v) is 12.0. The smallest absolute Gasteiger partial charge is 0.331 e. The van der Waals surface area contributed by atoms with Crippen molar-refractivity contribution in [2.75, 3.05) is 13.1 Å². The van der Waals surface area contributed by atoms with Gasteiger partial charge in [0.05, 0.1) is 12.8 Å². The maximum Gasteiger partial charge on any atom is 0.331 e. The molecule has 2 amide bonds. The first kappa shape index (κ1) is 28.8. The summed E-state index contributed by atoms with van der Waals surface area (Å²) in [4.78, 5) is 44.8. The van der Waals surface area contributed by atoms with Gasteiger partial charge < -0.3 is 25.0 Å². The van der Waals surface area contributed by atoms with E-state index in [-0.39, 0.29) is 35.8 Å². The van der Waals surface area contributed by atoms with Crippen LogP contribution in [0, 0.1) is 0 Å². The number of carboxylic acids is 2. The maximum absolute atomic E-state index is 11.7. The number of amides is 2. The Hall–Kier alpha value is -2.25. The van der Waals surface area contributed by atoms with Gasteiger partial charge in [0, 0.05) is 24.2 Å². The number of aliphatic carboxylic acids is 2. The van der Waals surface area contributed by atoms with Crippen LogP contribution in [0.15, 0.2) is 24.3 Å². The van der Waals surface area contributed by atoms with Gasteiger partial charge in [-0.25, -0.2) is 9.59 Å². The van der Waals surface area contributed by atoms with Crippen molar-refractivity contribution in [1.29, 1.82) is 0 Å². The van der Waals surface area contributed by atoms with Crippen molar-refractivity contribution in [1.82, 2.24) is 10.6 Å². The number of hydrogen-bond acceptors (Lipinski definition) is 5. The fourth-order valence-corrected chi connectivity index (χ4v) is 11.9. The molecule has 9 nitrogen and oxygen atoms in total. The van der Waals surface area contributed by atoms with Crippen molar-refractivity contribution in [3.63, 3.8) is 0 Å². The number of hydrogen-bond donors (Lipinski definition) is 4. The lowest BCUT2D eigenvalue weighted by molar-refractivity contribution is -0.134. The zero-order chi connectivity index (χ0) is 24.2. The van der Waals surface area contributed by atoms with E-state index in [4.69, 9.17) is 14.3 Å². The van der Waals surface area contributed by atoms with Gasteiger partial charge in [-0.3, -0.25) is 9.59 Å². The summed E-state index contributed by atoms with van der Waals surface area (Å²) in [5, 5.41) is 22.9. The minimum Gasteiger partial charge on any atom is -0.478 e. The summed E-state index contributed by atoms with van der Waals surface area (Å²) < 4.78 is 6.50. The topological polar surface area (TPSA) is 142 Å². The molecule has 0 fully saturated rings. The normalized spacial score (nSPS) is 11.5. The molecule has 0 aliphatic rings. The van der Waals surface area contributed by atoms with Crippen LogP contribution in [0.3, 0.4) is 0 Å². The summed E-state index contributed by atoms with van der Waals surface area (Å²) >= 11 is 0. The van der Waals surface area contributed by atoms with Crippen LogP contribution in [0.25, 0.3) is 0 Å². The van der Waals surface area contributed by atoms with E-state index >= 15 is 0 Å². The largest absolute Gasteiger partial charge is 0.478 e. The summed E-state index contributed by atoms with van der Waals surface area (Å²) in [6, 6.07) is 1.72. The molecule has 0 aromatic carbocycles. The molecule has 0 saturated carbocycles. The highest BCUT2D eigenvalue weighted by atomic mass is 28.4. The first-order valence-electron chi connectivity index (χ1n) is 10.2. The Bertz CT molecular complexity index is 648. The van der Waals surface area contributed by atoms with Crippen LogP contribution in [-0.4, -0.2) is 63.7 Å². The second-order valence-corrected chi connectivity index (χ2v) is 17.6. The molecule has 176 valence electrons. The van der Waals surface area contributed by atoms with Crippen LogP contribution in [0.4, 0.5) is 0 Å². The summed E-state index contributed by atoms with van der Waals surface area (Å²) in [6.45, 7) is 16.1. The maximum atomic E-state index is 11.7. The lowest BCUT2D eigenvalue weighted by atomic mass is 10.2. The molecule has 0 aromatic rings. The van der Waals surface area contributed by atoms with Gasteiger partial charge >= 0.3 is 11.9 Å². The quantitative estimate of drug-likeness (QED) is 0.154. The molecule has 0 saturated heterocycles. The molecule has 11 heteroatoms. The molecule has 0 radical (unpaired) electrons. The van der Waals surface area contributed by atoms with Crippen LogP contribution >= 0.6 is 0 Å². The molecule has 0 heterocycles.